The van der Waals surface area contributed by atoms with Gasteiger partial charge in [0.25, 0.3) is 5.91 Å². The average Bonchev–Trinajstić information content (AvgIpc) is 3.37. The normalized spacial score (nSPS) is 17.9. The molecule has 2 fully saturated rings. The summed E-state index contributed by atoms with van der Waals surface area (Å²) < 4.78 is 33.8. The molecule has 0 unspecified atom stereocenters. The first-order valence-corrected chi connectivity index (χ1v) is 14.4. The fourth-order valence-electron chi connectivity index (χ4n) is 3.80. The van der Waals surface area contributed by atoms with Gasteiger partial charge in [0.2, 0.25) is 10.0 Å². The van der Waals surface area contributed by atoms with E-state index in [1.807, 2.05) is 54.7 Å². The van der Waals surface area contributed by atoms with Gasteiger partial charge in [0.05, 0.1) is 11.2 Å². The van der Waals surface area contributed by atoms with Crippen molar-refractivity contribution >= 4 is 45.1 Å². The summed E-state index contributed by atoms with van der Waals surface area (Å²) in [4.78, 5) is 12.9. The molecule has 1 amide bonds. The fraction of sp³-hybridized carbons (Fsp3) is 0.435. The minimum absolute atomic E-state index is 0.0979. The highest BCUT2D eigenvalue weighted by Gasteiger charge is 2.30. The van der Waals surface area contributed by atoms with Gasteiger partial charge in [0.15, 0.2) is 0 Å². The summed E-state index contributed by atoms with van der Waals surface area (Å²) in [6.45, 7) is 3.19. The van der Waals surface area contributed by atoms with E-state index in [0.29, 0.717) is 41.3 Å². The summed E-state index contributed by atoms with van der Waals surface area (Å²) in [5.74, 6) is 2.37. The quantitative estimate of drug-likeness (QED) is 0.587. The molecule has 32 heavy (non-hydrogen) atoms. The molecular weight excluding hydrogens is 464 g/mol. The van der Waals surface area contributed by atoms with E-state index in [-0.39, 0.29) is 10.8 Å². The van der Waals surface area contributed by atoms with Crippen LogP contribution in [0, 0.1) is 0 Å². The fourth-order valence-corrected chi connectivity index (χ4v) is 8.37. The number of benzene rings is 2. The summed E-state index contributed by atoms with van der Waals surface area (Å²) in [5.41, 5.74) is 2.19. The Labute approximate surface area is 198 Å². The Kier molecular flexibility index (Phi) is 7.70. The van der Waals surface area contributed by atoms with Gasteiger partial charge in [-0.2, -0.15) is 4.31 Å². The van der Waals surface area contributed by atoms with E-state index in [2.05, 4.69) is 5.32 Å². The maximum absolute atomic E-state index is 13.2. The number of anilines is 1. The molecule has 0 bridgehead atoms. The molecule has 6 nitrogen and oxygen atoms in total. The summed E-state index contributed by atoms with van der Waals surface area (Å²) in [5, 5.41) is 2.84. The van der Waals surface area contributed by atoms with Crippen LogP contribution in [0.15, 0.2) is 47.4 Å². The minimum atomic E-state index is -3.68. The number of rotatable bonds is 7. The molecule has 0 aliphatic carbocycles. The van der Waals surface area contributed by atoms with Crippen molar-refractivity contribution in [2.75, 3.05) is 36.5 Å². The van der Waals surface area contributed by atoms with E-state index in [9.17, 15) is 13.2 Å². The highest BCUT2D eigenvalue weighted by atomic mass is 32.2. The second-order valence-corrected chi connectivity index (χ2v) is 12.3. The highest BCUT2D eigenvalue weighted by molar-refractivity contribution is 8.16. The van der Waals surface area contributed by atoms with Crippen LogP contribution < -0.4 is 10.1 Å². The number of amides is 1. The molecule has 1 N–H and O–H groups in total. The van der Waals surface area contributed by atoms with Gasteiger partial charge in [-0.05, 0) is 73.6 Å². The second kappa shape index (κ2) is 10.5. The zero-order chi connectivity index (χ0) is 22.6. The van der Waals surface area contributed by atoms with Gasteiger partial charge >= 0.3 is 0 Å². The van der Waals surface area contributed by atoms with Crippen LogP contribution in [0.25, 0.3) is 0 Å². The Bertz CT molecular complexity index is 1050. The third-order valence-corrected chi connectivity index (χ3v) is 10.4. The zero-order valence-corrected chi connectivity index (χ0v) is 20.5. The Hall–Kier alpha value is -1.68. The van der Waals surface area contributed by atoms with Crippen molar-refractivity contribution in [3.8, 4) is 5.75 Å². The number of ether oxygens (including phenoxy) is 1. The van der Waals surface area contributed by atoms with Crippen LogP contribution in [0.5, 0.6) is 5.75 Å². The number of sulfonamides is 1. The van der Waals surface area contributed by atoms with Gasteiger partial charge in [-0.25, -0.2) is 8.42 Å². The molecule has 0 atom stereocenters. The zero-order valence-electron chi connectivity index (χ0n) is 18.1. The maximum atomic E-state index is 13.2. The predicted molar refractivity (Wildman–Crippen MR) is 132 cm³/mol. The number of nitrogens with zero attached hydrogens (tertiary/aromatic N) is 1. The molecule has 2 aromatic carbocycles. The first kappa shape index (κ1) is 23.5. The Balaban J connectivity index is 1.52. The van der Waals surface area contributed by atoms with Gasteiger partial charge in [0.1, 0.15) is 10.6 Å². The van der Waals surface area contributed by atoms with Crippen molar-refractivity contribution in [1.82, 2.24) is 4.31 Å². The lowest BCUT2D eigenvalue weighted by molar-refractivity contribution is 0.102. The van der Waals surface area contributed by atoms with Crippen molar-refractivity contribution in [3.05, 3.63) is 53.6 Å². The summed E-state index contributed by atoms with van der Waals surface area (Å²) in [7, 11) is -3.68. The molecule has 2 aromatic rings. The van der Waals surface area contributed by atoms with Crippen LogP contribution in [0.2, 0.25) is 0 Å². The van der Waals surface area contributed by atoms with Crippen molar-refractivity contribution in [1.29, 1.82) is 0 Å². The van der Waals surface area contributed by atoms with Crippen molar-refractivity contribution in [2.45, 2.75) is 35.7 Å². The van der Waals surface area contributed by atoms with Crippen molar-refractivity contribution in [2.24, 2.45) is 0 Å². The van der Waals surface area contributed by atoms with Gasteiger partial charge in [-0.15, -0.1) is 23.5 Å². The molecule has 0 aromatic heterocycles. The van der Waals surface area contributed by atoms with Gasteiger partial charge in [0, 0.05) is 24.3 Å². The molecule has 172 valence electrons. The van der Waals surface area contributed by atoms with Crippen LogP contribution in [0.1, 0.15) is 46.7 Å². The smallest absolute Gasteiger partial charge is 0.255 e. The minimum Gasteiger partial charge on any atom is -0.492 e. The summed E-state index contributed by atoms with van der Waals surface area (Å²) in [6.07, 6.45) is 2.95. The first-order chi connectivity index (χ1) is 15.5. The molecule has 2 saturated heterocycles. The highest BCUT2D eigenvalue weighted by Crippen LogP contribution is 2.43. The third kappa shape index (κ3) is 5.27. The topological polar surface area (TPSA) is 75.7 Å². The number of carbonyl (C=O) groups is 1. The van der Waals surface area contributed by atoms with Crippen molar-refractivity contribution in [3.63, 3.8) is 0 Å². The molecule has 0 spiro atoms. The number of nitrogens with one attached hydrogen (secondary N) is 1. The number of hydrogen-bond acceptors (Lipinski definition) is 6. The monoisotopic (exact) mass is 492 g/mol. The largest absolute Gasteiger partial charge is 0.492 e. The van der Waals surface area contributed by atoms with Crippen LogP contribution in [0.3, 0.4) is 0 Å². The summed E-state index contributed by atoms with van der Waals surface area (Å²) >= 11 is 3.88. The van der Waals surface area contributed by atoms with Crippen molar-refractivity contribution < 1.29 is 17.9 Å². The predicted octanol–water partition coefficient (Wildman–Crippen LogP) is 4.99. The molecule has 0 radical (unpaired) electrons. The molecular formula is C23H28N2O4S3. The second-order valence-electron chi connectivity index (χ2n) is 7.71. The molecule has 0 saturated carbocycles. The Morgan fingerprint density at radius 2 is 1.75 bits per heavy atom. The Morgan fingerprint density at radius 1 is 1.06 bits per heavy atom. The third-order valence-electron chi connectivity index (χ3n) is 5.46. The van der Waals surface area contributed by atoms with Crippen LogP contribution in [0.4, 0.5) is 5.69 Å². The number of carbonyl (C=O) groups excluding carboxylic acids is 1. The van der Waals surface area contributed by atoms with Crippen LogP contribution in [-0.4, -0.2) is 49.8 Å². The number of hydrogen-bond donors (Lipinski definition) is 1. The lowest BCUT2D eigenvalue weighted by Gasteiger charge is -2.21. The molecule has 2 heterocycles. The Morgan fingerprint density at radius 3 is 2.41 bits per heavy atom. The lowest BCUT2D eigenvalue weighted by atomic mass is 10.1. The van der Waals surface area contributed by atoms with E-state index >= 15 is 0 Å². The summed E-state index contributed by atoms with van der Waals surface area (Å²) in [6, 6.07) is 12.5. The maximum Gasteiger partial charge on any atom is 0.255 e. The van der Waals surface area contributed by atoms with E-state index in [1.54, 1.807) is 12.1 Å². The van der Waals surface area contributed by atoms with Gasteiger partial charge in [-0.1, -0.05) is 12.1 Å². The molecule has 2 aliphatic rings. The lowest BCUT2D eigenvalue weighted by Crippen LogP contribution is -2.28. The van der Waals surface area contributed by atoms with Gasteiger partial charge in [-0.3, -0.25) is 4.79 Å². The van der Waals surface area contributed by atoms with E-state index in [4.69, 9.17) is 4.74 Å². The standard InChI is InChI=1S/C23H28N2O4S3/c1-2-29-20-11-10-19(16-21(20)32(27,28)25-12-3-4-13-25)24-22(26)17-6-8-18(9-7-17)23-30-14-5-15-31-23/h6-11,16,23H,2-5,12-15H2,1H3,(H,24,26). The molecule has 4 rings (SSSR count). The van der Waals surface area contributed by atoms with Crippen LogP contribution in [-0.2, 0) is 10.0 Å². The molecule has 2 aliphatic heterocycles. The van der Waals surface area contributed by atoms with E-state index < -0.39 is 10.0 Å². The van der Waals surface area contributed by atoms with Gasteiger partial charge < -0.3 is 10.1 Å². The number of thioether (sulfide) groups is 2. The van der Waals surface area contributed by atoms with Crippen LogP contribution >= 0.6 is 23.5 Å². The first-order valence-electron chi connectivity index (χ1n) is 10.9. The SMILES string of the molecule is CCOc1ccc(NC(=O)c2ccc(C3SCCCS3)cc2)cc1S(=O)(=O)N1CCCC1. The van der Waals surface area contributed by atoms with E-state index in [1.165, 1.54) is 33.9 Å². The molecule has 9 heteroatoms. The average molecular weight is 493 g/mol. The van der Waals surface area contributed by atoms with E-state index in [0.717, 1.165) is 12.8 Å².